The number of anilines is 1. The van der Waals surface area contributed by atoms with E-state index in [1.165, 1.54) is 5.69 Å². The number of likely N-dealkylation sites (N-methyl/N-ethyl adjacent to an activating group) is 1. The van der Waals surface area contributed by atoms with Gasteiger partial charge in [-0.05, 0) is 46.0 Å². The molecule has 0 spiro atoms. The Morgan fingerprint density at radius 1 is 1.28 bits per heavy atom. The molecule has 0 amide bonds. The van der Waals surface area contributed by atoms with Gasteiger partial charge in [0.05, 0.1) is 0 Å². The number of nitrogens with two attached hydrogens (primary N) is 1. The van der Waals surface area contributed by atoms with Crippen molar-refractivity contribution >= 4 is 5.69 Å². The number of hydrogen-bond donors (Lipinski definition) is 1. The zero-order valence-electron chi connectivity index (χ0n) is 11.8. The van der Waals surface area contributed by atoms with E-state index >= 15 is 0 Å². The predicted molar refractivity (Wildman–Crippen MR) is 78.0 cm³/mol. The highest BCUT2D eigenvalue weighted by molar-refractivity contribution is 5.50. The van der Waals surface area contributed by atoms with Gasteiger partial charge in [-0.1, -0.05) is 18.2 Å². The van der Waals surface area contributed by atoms with Gasteiger partial charge in [0.25, 0.3) is 0 Å². The molecule has 18 heavy (non-hydrogen) atoms. The van der Waals surface area contributed by atoms with E-state index in [0.29, 0.717) is 6.04 Å². The van der Waals surface area contributed by atoms with Gasteiger partial charge in [-0.3, -0.25) is 0 Å². The molecule has 1 aliphatic rings. The molecule has 1 unspecified atom stereocenters. The Morgan fingerprint density at radius 2 is 1.94 bits per heavy atom. The molecule has 0 saturated carbocycles. The largest absolute Gasteiger partial charge is 0.361 e. The van der Waals surface area contributed by atoms with Crippen LogP contribution in [0.25, 0.3) is 0 Å². The molecule has 2 N–H and O–H groups in total. The van der Waals surface area contributed by atoms with Gasteiger partial charge in [-0.2, -0.15) is 0 Å². The van der Waals surface area contributed by atoms with Crippen LogP contribution in [0.5, 0.6) is 0 Å². The van der Waals surface area contributed by atoms with Crippen molar-refractivity contribution in [1.82, 2.24) is 4.90 Å². The second kappa shape index (κ2) is 5.29. The summed E-state index contributed by atoms with van der Waals surface area (Å²) in [5.74, 6) is 0. The maximum absolute atomic E-state index is 5.79. The molecule has 1 heterocycles. The fourth-order valence-electron chi connectivity index (χ4n) is 3.30. The van der Waals surface area contributed by atoms with E-state index in [2.05, 4.69) is 61.0 Å². The highest BCUT2D eigenvalue weighted by atomic mass is 15.3. The van der Waals surface area contributed by atoms with Gasteiger partial charge in [0.1, 0.15) is 0 Å². The van der Waals surface area contributed by atoms with E-state index in [1.54, 1.807) is 0 Å². The van der Waals surface area contributed by atoms with E-state index in [4.69, 9.17) is 5.73 Å². The molecule has 1 aliphatic heterocycles. The summed E-state index contributed by atoms with van der Waals surface area (Å²) < 4.78 is 0. The maximum Gasteiger partial charge on any atom is 0.0476 e. The second-order valence-electron chi connectivity index (χ2n) is 5.95. The molecular formula is C15H25N3. The van der Waals surface area contributed by atoms with Gasteiger partial charge in [-0.25, -0.2) is 0 Å². The highest BCUT2D eigenvalue weighted by Gasteiger charge is 2.38. The summed E-state index contributed by atoms with van der Waals surface area (Å²) in [5.41, 5.74) is 7.25. The first kappa shape index (κ1) is 13.4. The third-order valence-electron chi connectivity index (χ3n) is 3.73. The molecule has 0 aromatic heterocycles. The van der Waals surface area contributed by atoms with Crippen molar-refractivity contribution in [2.24, 2.45) is 5.73 Å². The fourth-order valence-corrected chi connectivity index (χ4v) is 3.30. The first-order valence-electron chi connectivity index (χ1n) is 6.77. The molecule has 3 heteroatoms. The lowest BCUT2D eigenvalue weighted by molar-refractivity contribution is 0.176. The molecule has 0 bridgehead atoms. The SMILES string of the molecule is CN1CC(CCN)N(c2ccccc2)C(C)(C)C1. The van der Waals surface area contributed by atoms with E-state index in [-0.39, 0.29) is 5.54 Å². The number of para-hydroxylation sites is 1. The van der Waals surface area contributed by atoms with E-state index in [1.807, 2.05) is 0 Å². The van der Waals surface area contributed by atoms with Crippen molar-refractivity contribution in [3.63, 3.8) is 0 Å². The zero-order chi connectivity index (χ0) is 13.2. The van der Waals surface area contributed by atoms with Crippen molar-refractivity contribution in [2.75, 3.05) is 31.6 Å². The summed E-state index contributed by atoms with van der Waals surface area (Å²) in [4.78, 5) is 4.97. The van der Waals surface area contributed by atoms with Crippen LogP contribution in [0.2, 0.25) is 0 Å². The third-order valence-corrected chi connectivity index (χ3v) is 3.73. The van der Waals surface area contributed by atoms with E-state index in [0.717, 1.165) is 26.1 Å². The number of piperazine rings is 1. The Bertz CT molecular complexity index is 375. The van der Waals surface area contributed by atoms with Crippen LogP contribution in [0.1, 0.15) is 20.3 Å². The molecule has 1 fully saturated rings. The molecule has 1 saturated heterocycles. The van der Waals surface area contributed by atoms with Crippen molar-refractivity contribution in [3.8, 4) is 0 Å². The Kier molecular flexibility index (Phi) is 3.93. The predicted octanol–water partition coefficient (Wildman–Crippen LogP) is 1.93. The van der Waals surface area contributed by atoms with Gasteiger partial charge in [0, 0.05) is 30.4 Å². The third kappa shape index (κ3) is 2.68. The van der Waals surface area contributed by atoms with Gasteiger partial charge in [0.15, 0.2) is 0 Å². The second-order valence-corrected chi connectivity index (χ2v) is 5.95. The standard InChI is InChI=1S/C15H25N3/c1-15(2)12-17(3)11-14(9-10-16)18(15)13-7-5-4-6-8-13/h4-8,14H,9-12,16H2,1-3H3. The molecule has 3 nitrogen and oxygen atoms in total. The molecule has 0 radical (unpaired) electrons. The minimum Gasteiger partial charge on any atom is -0.361 e. The van der Waals surface area contributed by atoms with Crippen LogP contribution in [0.4, 0.5) is 5.69 Å². The first-order valence-corrected chi connectivity index (χ1v) is 6.77. The van der Waals surface area contributed by atoms with Crippen LogP contribution >= 0.6 is 0 Å². The maximum atomic E-state index is 5.79. The highest BCUT2D eigenvalue weighted by Crippen LogP contribution is 2.31. The minimum absolute atomic E-state index is 0.147. The normalized spacial score (nSPS) is 24.2. The van der Waals surface area contributed by atoms with Crippen LogP contribution in [0, 0.1) is 0 Å². The molecular weight excluding hydrogens is 222 g/mol. The average molecular weight is 247 g/mol. The lowest BCUT2D eigenvalue weighted by Crippen LogP contribution is -2.63. The van der Waals surface area contributed by atoms with Gasteiger partial charge >= 0.3 is 0 Å². The summed E-state index contributed by atoms with van der Waals surface area (Å²) in [6, 6.07) is 11.2. The van der Waals surface area contributed by atoms with Gasteiger partial charge in [-0.15, -0.1) is 0 Å². The summed E-state index contributed by atoms with van der Waals surface area (Å²) in [7, 11) is 2.20. The fraction of sp³-hybridized carbons (Fsp3) is 0.600. The van der Waals surface area contributed by atoms with Crippen LogP contribution in [0.3, 0.4) is 0 Å². The van der Waals surface area contributed by atoms with Crippen LogP contribution in [-0.2, 0) is 0 Å². The van der Waals surface area contributed by atoms with E-state index in [9.17, 15) is 0 Å². The van der Waals surface area contributed by atoms with Crippen molar-refractivity contribution < 1.29 is 0 Å². The summed E-state index contributed by atoms with van der Waals surface area (Å²) >= 11 is 0. The number of hydrogen-bond acceptors (Lipinski definition) is 3. The number of benzene rings is 1. The summed E-state index contributed by atoms with van der Waals surface area (Å²) in [5, 5.41) is 0. The molecule has 2 rings (SSSR count). The summed E-state index contributed by atoms with van der Waals surface area (Å²) in [6.45, 7) is 7.56. The minimum atomic E-state index is 0.147. The zero-order valence-corrected chi connectivity index (χ0v) is 11.8. The Balaban J connectivity index is 2.32. The number of nitrogens with zero attached hydrogens (tertiary/aromatic N) is 2. The Morgan fingerprint density at radius 3 is 2.56 bits per heavy atom. The molecule has 1 atom stereocenters. The molecule has 1 aromatic carbocycles. The summed E-state index contributed by atoms with van der Waals surface area (Å²) in [6.07, 6.45) is 1.04. The van der Waals surface area contributed by atoms with E-state index < -0.39 is 0 Å². The van der Waals surface area contributed by atoms with Crippen molar-refractivity contribution in [2.45, 2.75) is 31.8 Å². The smallest absolute Gasteiger partial charge is 0.0476 e. The lowest BCUT2D eigenvalue weighted by atomic mass is 9.92. The topological polar surface area (TPSA) is 32.5 Å². The van der Waals surface area contributed by atoms with Gasteiger partial charge in [0.2, 0.25) is 0 Å². The lowest BCUT2D eigenvalue weighted by Gasteiger charge is -2.52. The quantitative estimate of drug-likeness (QED) is 0.886. The van der Waals surface area contributed by atoms with Gasteiger partial charge < -0.3 is 15.5 Å². The molecule has 0 aliphatic carbocycles. The Labute approximate surface area is 111 Å². The van der Waals surface area contributed by atoms with Crippen molar-refractivity contribution in [1.29, 1.82) is 0 Å². The van der Waals surface area contributed by atoms with Crippen LogP contribution in [0.15, 0.2) is 30.3 Å². The molecule has 1 aromatic rings. The molecule has 100 valence electrons. The monoisotopic (exact) mass is 247 g/mol. The first-order chi connectivity index (χ1) is 8.54. The average Bonchev–Trinajstić information content (AvgIpc) is 2.28. The Hall–Kier alpha value is -1.06. The number of rotatable bonds is 3. The van der Waals surface area contributed by atoms with Crippen LogP contribution in [-0.4, -0.2) is 43.2 Å². The van der Waals surface area contributed by atoms with Crippen molar-refractivity contribution in [3.05, 3.63) is 30.3 Å². The van der Waals surface area contributed by atoms with Crippen LogP contribution < -0.4 is 10.6 Å².